The first-order valence-corrected chi connectivity index (χ1v) is 6.58. The summed E-state index contributed by atoms with van der Waals surface area (Å²) in [6.45, 7) is 12.8. The minimum absolute atomic E-state index is 0.0697. The Morgan fingerprint density at radius 3 is 2.18 bits per heavy atom. The first-order valence-electron chi connectivity index (χ1n) is 6.58. The lowest BCUT2D eigenvalue weighted by Gasteiger charge is -2.23. The van der Waals surface area contributed by atoms with Crippen LogP contribution in [0.1, 0.15) is 54.4 Å². The average molecular weight is 242 g/mol. The van der Waals surface area contributed by atoms with Crippen molar-refractivity contribution in [3.05, 3.63) is 0 Å². The standard InChI is InChI=1S/C14H26O3/c1-7-16-11(4)17-12(15)14(8-10(2)3)9-13(14,5)6/h10-11H,7-9H2,1-6H3. The molecule has 2 unspecified atom stereocenters. The summed E-state index contributed by atoms with van der Waals surface area (Å²) in [7, 11) is 0. The molecule has 0 spiro atoms. The molecule has 0 radical (unpaired) electrons. The van der Waals surface area contributed by atoms with Gasteiger partial charge in [0.2, 0.25) is 0 Å². The summed E-state index contributed by atoms with van der Waals surface area (Å²) in [6, 6.07) is 0. The molecular formula is C14H26O3. The van der Waals surface area contributed by atoms with Gasteiger partial charge in [-0.1, -0.05) is 27.7 Å². The van der Waals surface area contributed by atoms with Crippen LogP contribution in [-0.4, -0.2) is 18.9 Å². The molecule has 1 aliphatic carbocycles. The van der Waals surface area contributed by atoms with Gasteiger partial charge in [-0.05, 0) is 38.0 Å². The number of hydrogen-bond donors (Lipinski definition) is 0. The molecule has 2 atom stereocenters. The highest BCUT2D eigenvalue weighted by Crippen LogP contribution is 2.67. The Hall–Kier alpha value is -0.570. The molecule has 1 rings (SSSR count). The quantitative estimate of drug-likeness (QED) is 0.529. The minimum atomic E-state index is -0.437. The van der Waals surface area contributed by atoms with E-state index < -0.39 is 6.29 Å². The molecule has 100 valence electrons. The van der Waals surface area contributed by atoms with E-state index in [1.54, 1.807) is 6.92 Å². The maximum absolute atomic E-state index is 12.3. The van der Waals surface area contributed by atoms with Crippen LogP contribution in [0.2, 0.25) is 0 Å². The molecule has 0 heterocycles. The molecule has 0 N–H and O–H groups in total. The van der Waals surface area contributed by atoms with Crippen LogP contribution in [0.25, 0.3) is 0 Å². The summed E-state index contributed by atoms with van der Waals surface area (Å²) in [5.74, 6) is 0.420. The zero-order valence-electron chi connectivity index (χ0n) is 12.0. The molecule has 0 aromatic heterocycles. The van der Waals surface area contributed by atoms with E-state index in [-0.39, 0.29) is 16.8 Å². The maximum Gasteiger partial charge on any atom is 0.314 e. The lowest BCUT2D eigenvalue weighted by Crippen LogP contribution is -2.29. The molecule has 1 saturated carbocycles. The van der Waals surface area contributed by atoms with Crippen molar-refractivity contribution in [3.8, 4) is 0 Å². The number of ether oxygens (including phenoxy) is 2. The van der Waals surface area contributed by atoms with Crippen molar-refractivity contribution < 1.29 is 14.3 Å². The van der Waals surface area contributed by atoms with Crippen LogP contribution in [0, 0.1) is 16.7 Å². The monoisotopic (exact) mass is 242 g/mol. The van der Waals surface area contributed by atoms with Crippen LogP contribution >= 0.6 is 0 Å². The maximum atomic E-state index is 12.3. The molecule has 0 aromatic rings. The number of rotatable bonds is 6. The van der Waals surface area contributed by atoms with Gasteiger partial charge in [-0.3, -0.25) is 4.79 Å². The van der Waals surface area contributed by atoms with Gasteiger partial charge in [0.05, 0.1) is 5.41 Å². The molecule has 1 aliphatic rings. The van der Waals surface area contributed by atoms with Crippen LogP contribution in [0.15, 0.2) is 0 Å². The summed E-state index contributed by atoms with van der Waals surface area (Å²) in [5, 5.41) is 0. The number of carbonyl (C=O) groups excluding carboxylic acids is 1. The first-order chi connectivity index (χ1) is 7.75. The normalized spacial score (nSPS) is 27.9. The Labute approximate surface area is 105 Å². The van der Waals surface area contributed by atoms with Gasteiger partial charge in [-0.25, -0.2) is 0 Å². The summed E-state index contributed by atoms with van der Waals surface area (Å²) >= 11 is 0. The van der Waals surface area contributed by atoms with Crippen LogP contribution in [0.4, 0.5) is 0 Å². The van der Waals surface area contributed by atoms with Crippen LogP contribution in [0.3, 0.4) is 0 Å². The molecule has 0 aliphatic heterocycles. The number of hydrogen-bond acceptors (Lipinski definition) is 3. The summed E-state index contributed by atoms with van der Waals surface area (Å²) in [6.07, 6.45) is 1.39. The van der Waals surface area contributed by atoms with Crippen molar-refractivity contribution in [3.63, 3.8) is 0 Å². The van der Waals surface area contributed by atoms with E-state index in [0.29, 0.717) is 12.5 Å². The Balaban J connectivity index is 2.64. The van der Waals surface area contributed by atoms with E-state index in [0.717, 1.165) is 12.8 Å². The van der Waals surface area contributed by atoms with Crippen molar-refractivity contribution in [2.24, 2.45) is 16.7 Å². The van der Waals surface area contributed by atoms with Crippen LogP contribution in [0.5, 0.6) is 0 Å². The zero-order chi connectivity index (χ0) is 13.3. The number of carbonyl (C=O) groups is 1. The van der Waals surface area contributed by atoms with Gasteiger partial charge in [0.15, 0.2) is 6.29 Å². The van der Waals surface area contributed by atoms with Crippen LogP contribution in [-0.2, 0) is 14.3 Å². The lowest BCUT2D eigenvalue weighted by atomic mass is 9.87. The Bertz CT molecular complexity index is 283. The van der Waals surface area contributed by atoms with Crippen molar-refractivity contribution in [1.82, 2.24) is 0 Å². The van der Waals surface area contributed by atoms with E-state index in [2.05, 4.69) is 27.7 Å². The molecule has 0 bridgehead atoms. The van der Waals surface area contributed by atoms with Gasteiger partial charge in [-0.2, -0.15) is 0 Å². The highest BCUT2D eigenvalue weighted by atomic mass is 16.7. The fourth-order valence-electron chi connectivity index (χ4n) is 2.72. The summed E-state index contributed by atoms with van der Waals surface area (Å²) in [4.78, 5) is 12.3. The smallest absolute Gasteiger partial charge is 0.314 e. The van der Waals surface area contributed by atoms with Crippen molar-refractivity contribution in [2.45, 2.75) is 60.7 Å². The lowest BCUT2D eigenvalue weighted by molar-refractivity contribution is -0.182. The second kappa shape index (κ2) is 4.97. The summed E-state index contributed by atoms with van der Waals surface area (Å²) < 4.78 is 10.7. The highest BCUT2D eigenvalue weighted by Gasteiger charge is 2.67. The van der Waals surface area contributed by atoms with Crippen molar-refractivity contribution in [1.29, 1.82) is 0 Å². The van der Waals surface area contributed by atoms with E-state index in [1.807, 2.05) is 6.92 Å². The Morgan fingerprint density at radius 2 is 1.82 bits per heavy atom. The topological polar surface area (TPSA) is 35.5 Å². The van der Waals surface area contributed by atoms with Crippen molar-refractivity contribution in [2.75, 3.05) is 6.61 Å². The molecule has 0 amide bonds. The van der Waals surface area contributed by atoms with Gasteiger partial charge < -0.3 is 9.47 Å². The minimum Gasteiger partial charge on any atom is -0.436 e. The molecular weight excluding hydrogens is 216 g/mol. The molecule has 3 heteroatoms. The van der Waals surface area contributed by atoms with Gasteiger partial charge in [0.1, 0.15) is 0 Å². The third-order valence-electron chi connectivity index (χ3n) is 3.74. The highest BCUT2D eigenvalue weighted by molar-refractivity contribution is 5.81. The van der Waals surface area contributed by atoms with Gasteiger partial charge in [-0.15, -0.1) is 0 Å². The zero-order valence-corrected chi connectivity index (χ0v) is 12.0. The Morgan fingerprint density at radius 1 is 1.29 bits per heavy atom. The SMILES string of the molecule is CCOC(C)OC(=O)C1(CC(C)C)CC1(C)C. The Kier molecular flexibility index (Phi) is 4.23. The predicted octanol–water partition coefficient (Wildman–Crippen LogP) is 3.37. The fourth-order valence-corrected chi connectivity index (χ4v) is 2.72. The average Bonchev–Trinajstić information content (AvgIpc) is 2.68. The van der Waals surface area contributed by atoms with E-state index in [1.165, 1.54) is 0 Å². The summed E-state index contributed by atoms with van der Waals surface area (Å²) in [5.41, 5.74) is -0.215. The first kappa shape index (κ1) is 14.5. The van der Waals surface area contributed by atoms with E-state index in [9.17, 15) is 4.79 Å². The van der Waals surface area contributed by atoms with E-state index >= 15 is 0 Å². The molecule has 0 aromatic carbocycles. The van der Waals surface area contributed by atoms with Crippen molar-refractivity contribution >= 4 is 5.97 Å². The largest absolute Gasteiger partial charge is 0.436 e. The molecule has 17 heavy (non-hydrogen) atoms. The fraction of sp³-hybridized carbons (Fsp3) is 0.929. The predicted molar refractivity (Wildman–Crippen MR) is 67.5 cm³/mol. The molecule has 0 saturated heterocycles. The van der Waals surface area contributed by atoms with Gasteiger partial charge in [0, 0.05) is 6.61 Å². The third-order valence-corrected chi connectivity index (χ3v) is 3.74. The third kappa shape index (κ3) is 3.01. The molecule has 1 fully saturated rings. The molecule has 3 nitrogen and oxygen atoms in total. The second-order valence-electron chi connectivity index (χ2n) is 6.17. The number of esters is 1. The second-order valence-corrected chi connectivity index (χ2v) is 6.17. The van der Waals surface area contributed by atoms with E-state index in [4.69, 9.17) is 9.47 Å². The van der Waals surface area contributed by atoms with Gasteiger partial charge >= 0.3 is 5.97 Å². The van der Waals surface area contributed by atoms with Crippen LogP contribution < -0.4 is 0 Å². The van der Waals surface area contributed by atoms with Gasteiger partial charge in [0.25, 0.3) is 0 Å².